The first-order chi connectivity index (χ1) is 7.59. The van der Waals surface area contributed by atoms with Crippen molar-refractivity contribution in [3.05, 3.63) is 47.3 Å². The third kappa shape index (κ3) is 1.76. The first-order valence-corrected chi connectivity index (χ1v) is 5.04. The summed E-state index contributed by atoms with van der Waals surface area (Å²) in [6, 6.07) is 8.88. The van der Waals surface area contributed by atoms with Gasteiger partial charge in [0.15, 0.2) is 0 Å². The minimum Gasteiger partial charge on any atom is -0.369 e. The molecule has 82 valence electrons. The largest absolute Gasteiger partial charge is 0.369 e. The molecule has 0 saturated carbocycles. The van der Waals surface area contributed by atoms with Crippen LogP contribution in [0.2, 0.25) is 0 Å². The molecule has 16 heavy (non-hydrogen) atoms. The zero-order valence-electron chi connectivity index (χ0n) is 8.96. The Balaban J connectivity index is 2.76. The van der Waals surface area contributed by atoms with E-state index in [4.69, 9.17) is 5.73 Å². The number of nitrogens with two attached hydrogens (primary N) is 1. The lowest BCUT2D eigenvalue weighted by molar-refractivity contribution is -0.117. The maximum atomic E-state index is 13.6. The van der Waals surface area contributed by atoms with E-state index < -0.39 is 5.91 Å². The summed E-state index contributed by atoms with van der Waals surface area (Å²) in [7, 11) is 0. The number of rotatable bonds is 2. The van der Waals surface area contributed by atoms with Crippen molar-refractivity contribution < 1.29 is 9.18 Å². The Morgan fingerprint density at radius 3 is 2.75 bits per heavy atom. The number of primary amides is 1. The van der Waals surface area contributed by atoms with E-state index in [-0.39, 0.29) is 12.2 Å². The number of amides is 1. The van der Waals surface area contributed by atoms with Gasteiger partial charge in [0.2, 0.25) is 5.91 Å². The van der Waals surface area contributed by atoms with Gasteiger partial charge in [-0.1, -0.05) is 24.3 Å². The molecule has 2 rings (SSSR count). The fraction of sp³-hybridized carbons (Fsp3) is 0.154. The van der Waals surface area contributed by atoms with Crippen LogP contribution in [0.1, 0.15) is 11.1 Å². The van der Waals surface area contributed by atoms with E-state index in [1.807, 2.05) is 24.3 Å². The second-order valence-corrected chi connectivity index (χ2v) is 3.83. The second kappa shape index (κ2) is 3.93. The van der Waals surface area contributed by atoms with E-state index in [0.29, 0.717) is 11.1 Å². The standard InChI is InChI=1S/C13H12FNO/c1-8-11(7-13(15)16)10-5-3-2-4-9(10)6-12(8)14/h2-6H,7H2,1H3,(H2,15,16). The first-order valence-electron chi connectivity index (χ1n) is 5.04. The maximum Gasteiger partial charge on any atom is 0.221 e. The minimum atomic E-state index is -0.446. The van der Waals surface area contributed by atoms with Crippen LogP contribution in [-0.2, 0) is 11.2 Å². The fourth-order valence-corrected chi connectivity index (χ4v) is 1.89. The average Bonchev–Trinajstić information content (AvgIpc) is 2.24. The van der Waals surface area contributed by atoms with E-state index in [0.717, 1.165) is 10.8 Å². The van der Waals surface area contributed by atoms with Gasteiger partial charge in [-0.3, -0.25) is 4.79 Å². The van der Waals surface area contributed by atoms with Crippen LogP contribution in [0.3, 0.4) is 0 Å². The highest BCUT2D eigenvalue weighted by Crippen LogP contribution is 2.25. The molecule has 3 heteroatoms. The number of fused-ring (bicyclic) bond motifs is 1. The number of carbonyl (C=O) groups is 1. The van der Waals surface area contributed by atoms with Crippen LogP contribution < -0.4 is 5.73 Å². The van der Waals surface area contributed by atoms with Crippen molar-refractivity contribution in [2.45, 2.75) is 13.3 Å². The Morgan fingerprint density at radius 2 is 2.06 bits per heavy atom. The summed E-state index contributed by atoms with van der Waals surface area (Å²) in [4.78, 5) is 11.0. The van der Waals surface area contributed by atoms with E-state index in [2.05, 4.69) is 0 Å². The quantitative estimate of drug-likeness (QED) is 0.824. The fourth-order valence-electron chi connectivity index (χ4n) is 1.89. The SMILES string of the molecule is Cc1c(F)cc2ccccc2c1CC(N)=O. The molecule has 0 atom stereocenters. The van der Waals surface area contributed by atoms with Crippen molar-refractivity contribution >= 4 is 16.7 Å². The van der Waals surface area contributed by atoms with E-state index in [9.17, 15) is 9.18 Å². The van der Waals surface area contributed by atoms with Crippen molar-refractivity contribution in [2.75, 3.05) is 0 Å². The number of carbonyl (C=O) groups excluding carboxylic acids is 1. The summed E-state index contributed by atoms with van der Waals surface area (Å²) >= 11 is 0. The number of hydrogen-bond acceptors (Lipinski definition) is 1. The summed E-state index contributed by atoms with van der Waals surface area (Å²) in [5, 5.41) is 1.68. The normalized spacial score (nSPS) is 10.6. The van der Waals surface area contributed by atoms with Crippen molar-refractivity contribution in [3.8, 4) is 0 Å². The van der Waals surface area contributed by atoms with E-state index in [1.165, 1.54) is 6.07 Å². The van der Waals surface area contributed by atoms with Crippen LogP contribution in [0.25, 0.3) is 10.8 Å². The van der Waals surface area contributed by atoms with Crippen molar-refractivity contribution in [2.24, 2.45) is 5.73 Å². The molecular formula is C13H12FNO. The summed E-state index contributed by atoms with van der Waals surface area (Å²) < 4.78 is 13.6. The van der Waals surface area contributed by atoms with Gasteiger partial charge in [0.25, 0.3) is 0 Å². The van der Waals surface area contributed by atoms with Gasteiger partial charge in [-0.25, -0.2) is 4.39 Å². The highest BCUT2D eigenvalue weighted by molar-refractivity contribution is 5.91. The van der Waals surface area contributed by atoms with Crippen LogP contribution in [0, 0.1) is 12.7 Å². The molecule has 2 nitrogen and oxygen atoms in total. The van der Waals surface area contributed by atoms with Crippen molar-refractivity contribution in [1.82, 2.24) is 0 Å². The molecule has 0 aliphatic heterocycles. The molecule has 0 unspecified atom stereocenters. The van der Waals surface area contributed by atoms with Gasteiger partial charge in [-0.2, -0.15) is 0 Å². The van der Waals surface area contributed by atoms with Gasteiger partial charge in [0.05, 0.1) is 6.42 Å². The molecule has 2 aromatic rings. The molecule has 1 amide bonds. The second-order valence-electron chi connectivity index (χ2n) is 3.83. The predicted molar refractivity (Wildman–Crippen MR) is 61.5 cm³/mol. The molecule has 0 heterocycles. The Labute approximate surface area is 92.9 Å². The van der Waals surface area contributed by atoms with Crippen LogP contribution in [0.4, 0.5) is 4.39 Å². The highest BCUT2D eigenvalue weighted by atomic mass is 19.1. The van der Waals surface area contributed by atoms with Crippen LogP contribution in [0.15, 0.2) is 30.3 Å². The number of halogens is 1. The minimum absolute atomic E-state index is 0.0735. The maximum absolute atomic E-state index is 13.6. The Hall–Kier alpha value is -1.90. The summed E-state index contributed by atoms with van der Waals surface area (Å²) in [6.07, 6.45) is 0.0735. The van der Waals surface area contributed by atoms with E-state index in [1.54, 1.807) is 6.92 Å². The molecule has 0 aromatic heterocycles. The van der Waals surface area contributed by atoms with Crippen molar-refractivity contribution in [1.29, 1.82) is 0 Å². The molecule has 0 aliphatic carbocycles. The molecule has 0 radical (unpaired) electrons. The first kappa shape index (κ1) is 10.6. The van der Waals surface area contributed by atoms with Gasteiger partial charge in [0.1, 0.15) is 5.82 Å². The van der Waals surface area contributed by atoms with Gasteiger partial charge in [-0.05, 0) is 34.9 Å². The lowest BCUT2D eigenvalue weighted by Gasteiger charge is -2.09. The van der Waals surface area contributed by atoms with Gasteiger partial charge in [-0.15, -0.1) is 0 Å². The third-order valence-electron chi connectivity index (χ3n) is 2.73. The molecule has 2 N–H and O–H groups in total. The molecule has 0 bridgehead atoms. The monoisotopic (exact) mass is 217 g/mol. The summed E-state index contributed by atoms with van der Waals surface area (Å²) in [6.45, 7) is 1.67. The Bertz CT molecular complexity index is 563. The molecule has 0 aliphatic rings. The zero-order valence-corrected chi connectivity index (χ0v) is 8.96. The van der Waals surface area contributed by atoms with E-state index >= 15 is 0 Å². The molecule has 2 aromatic carbocycles. The van der Waals surface area contributed by atoms with Crippen LogP contribution in [0.5, 0.6) is 0 Å². The smallest absolute Gasteiger partial charge is 0.221 e. The van der Waals surface area contributed by atoms with Gasteiger partial charge in [0, 0.05) is 0 Å². The molecule has 0 fully saturated rings. The summed E-state index contributed by atoms with van der Waals surface area (Å²) in [5.41, 5.74) is 6.35. The zero-order chi connectivity index (χ0) is 11.7. The van der Waals surface area contributed by atoms with Gasteiger partial charge >= 0.3 is 0 Å². The van der Waals surface area contributed by atoms with Crippen molar-refractivity contribution in [3.63, 3.8) is 0 Å². The van der Waals surface area contributed by atoms with Crippen LogP contribution >= 0.6 is 0 Å². The third-order valence-corrected chi connectivity index (χ3v) is 2.73. The summed E-state index contributed by atoms with van der Waals surface area (Å²) in [5.74, 6) is -0.742. The lowest BCUT2D eigenvalue weighted by Crippen LogP contribution is -2.15. The molecule has 0 spiro atoms. The molecule has 0 saturated heterocycles. The predicted octanol–water partition coefficient (Wildman–Crippen LogP) is 2.32. The van der Waals surface area contributed by atoms with Gasteiger partial charge < -0.3 is 5.73 Å². The Morgan fingerprint density at radius 1 is 1.38 bits per heavy atom. The Kier molecular flexibility index (Phi) is 2.60. The average molecular weight is 217 g/mol. The lowest BCUT2D eigenvalue weighted by atomic mass is 9.97. The highest BCUT2D eigenvalue weighted by Gasteiger charge is 2.11. The number of hydrogen-bond donors (Lipinski definition) is 1. The topological polar surface area (TPSA) is 43.1 Å². The number of benzene rings is 2. The van der Waals surface area contributed by atoms with Crippen LogP contribution in [-0.4, -0.2) is 5.91 Å². The molecular weight excluding hydrogens is 205 g/mol.